The van der Waals surface area contributed by atoms with Gasteiger partial charge in [0.2, 0.25) is 0 Å². The number of pyridine rings is 1. The first-order valence-electron chi connectivity index (χ1n) is 14.2. The van der Waals surface area contributed by atoms with Gasteiger partial charge in [-0.3, -0.25) is 4.90 Å². The molecule has 3 aromatic rings. The Labute approximate surface area is 255 Å². The topological polar surface area (TPSA) is 65.9 Å². The van der Waals surface area contributed by atoms with E-state index in [0.717, 1.165) is 31.5 Å². The van der Waals surface area contributed by atoms with Crippen molar-refractivity contribution in [3.63, 3.8) is 0 Å². The number of aryl methyl sites for hydroxylation is 1. The molecule has 0 saturated carbocycles. The van der Waals surface area contributed by atoms with Crippen LogP contribution in [0, 0.1) is 0 Å². The van der Waals surface area contributed by atoms with E-state index < -0.39 is 47.3 Å². The van der Waals surface area contributed by atoms with Crippen LogP contribution in [0.25, 0.3) is 11.1 Å². The first-order valence-corrected chi connectivity index (χ1v) is 14.5. The summed E-state index contributed by atoms with van der Waals surface area (Å²) in [4.78, 5) is 21.2. The molecule has 2 aliphatic rings. The van der Waals surface area contributed by atoms with Crippen molar-refractivity contribution in [1.29, 1.82) is 0 Å². The fourth-order valence-electron chi connectivity index (χ4n) is 5.42. The summed E-state index contributed by atoms with van der Waals surface area (Å²) in [6, 6.07) is 9.55. The van der Waals surface area contributed by atoms with Crippen LogP contribution in [0.15, 0.2) is 48.5 Å². The molecule has 13 heteroatoms. The lowest BCUT2D eigenvalue weighted by atomic mass is 9.96. The lowest BCUT2D eigenvalue weighted by molar-refractivity contribution is -0.143. The van der Waals surface area contributed by atoms with Crippen molar-refractivity contribution in [2.45, 2.75) is 63.7 Å². The van der Waals surface area contributed by atoms with Gasteiger partial charge >= 0.3 is 18.4 Å². The van der Waals surface area contributed by atoms with E-state index in [2.05, 4.69) is 4.90 Å². The molecule has 44 heavy (non-hydrogen) atoms. The van der Waals surface area contributed by atoms with E-state index in [4.69, 9.17) is 26.4 Å². The average Bonchev–Trinajstić information content (AvgIpc) is 3.21. The summed E-state index contributed by atoms with van der Waals surface area (Å²) in [6.07, 6.45) is -9.25. The number of aliphatic hydroxyl groups is 1. The van der Waals surface area contributed by atoms with Crippen LogP contribution in [0.4, 0.5) is 37.0 Å². The summed E-state index contributed by atoms with van der Waals surface area (Å²) in [5.41, 5.74) is -0.646. The second-order valence-corrected chi connectivity index (χ2v) is 11.4. The maximum Gasteiger partial charge on any atom is 0.416 e. The molecular formula is C31H30ClF6N3O3. The molecule has 1 N–H and O–H groups in total. The van der Waals surface area contributed by atoms with Gasteiger partial charge in [-0.1, -0.05) is 17.7 Å². The number of benzene rings is 2. The van der Waals surface area contributed by atoms with Crippen LogP contribution in [0.1, 0.15) is 60.2 Å². The molecule has 2 fully saturated rings. The fraction of sp³-hybridized carbons (Fsp3) is 0.419. The SMILES string of the molecule is CC1[C@@H](c2cc(C(F)(F)F)cc(C(F)(F)F)c2)OC(=O)N1Cc1nc(N2CCC2)ccc1-c1cc(CCCCO)ccc1Cl. The van der Waals surface area contributed by atoms with Gasteiger partial charge in [0.1, 0.15) is 11.9 Å². The zero-order valence-corrected chi connectivity index (χ0v) is 24.4. The van der Waals surface area contributed by atoms with Gasteiger partial charge < -0.3 is 14.7 Å². The zero-order chi connectivity index (χ0) is 31.8. The van der Waals surface area contributed by atoms with E-state index in [1.807, 2.05) is 24.3 Å². The normalized spacial score (nSPS) is 18.9. The van der Waals surface area contributed by atoms with E-state index in [0.29, 0.717) is 52.6 Å². The Balaban J connectivity index is 1.50. The Kier molecular flexibility index (Phi) is 9.04. The molecule has 0 radical (unpaired) electrons. The monoisotopic (exact) mass is 641 g/mol. The highest BCUT2D eigenvalue weighted by molar-refractivity contribution is 6.33. The molecule has 5 rings (SSSR count). The largest absolute Gasteiger partial charge is 0.439 e. The van der Waals surface area contributed by atoms with Gasteiger partial charge in [0, 0.05) is 35.8 Å². The Hall–Kier alpha value is -3.51. The van der Waals surface area contributed by atoms with Gasteiger partial charge in [0.25, 0.3) is 0 Å². The Morgan fingerprint density at radius 3 is 2.23 bits per heavy atom. The number of anilines is 1. The Morgan fingerprint density at radius 1 is 0.955 bits per heavy atom. The third-order valence-electron chi connectivity index (χ3n) is 7.98. The molecule has 0 aliphatic carbocycles. The predicted molar refractivity (Wildman–Crippen MR) is 152 cm³/mol. The Morgan fingerprint density at radius 2 is 1.64 bits per heavy atom. The molecule has 1 aromatic heterocycles. The second-order valence-electron chi connectivity index (χ2n) is 11.0. The quantitative estimate of drug-likeness (QED) is 0.189. The number of nitrogens with zero attached hydrogens (tertiary/aromatic N) is 3. The smallest absolute Gasteiger partial charge is 0.416 e. The summed E-state index contributed by atoms with van der Waals surface area (Å²) in [5, 5.41) is 9.58. The van der Waals surface area contributed by atoms with Crippen molar-refractivity contribution < 1.29 is 41.0 Å². The van der Waals surface area contributed by atoms with E-state index >= 15 is 0 Å². The molecular weight excluding hydrogens is 612 g/mol. The van der Waals surface area contributed by atoms with Gasteiger partial charge in [0.05, 0.1) is 29.4 Å². The summed E-state index contributed by atoms with van der Waals surface area (Å²) < 4.78 is 86.6. The first-order chi connectivity index (χ1) is 20.8. The second kappa shape index (κ2) is 12.5. The van der Waals surface area contributed by atoms with Crippen LogP contribution in [-0.2, 0) is 30.1 Å². The maximum absolute atomic E-state index is 13.5. The molecule has 236 valence electrons. The highest BCUT2D eigenvalue weighted by Gasteiger charge is 2.43. The first kappa shape index (κ1) is 31.9. The number of ether oxygens (including phenoxy) is 1. The Bertz CT molecular complexity index is 1490. The molecule has 2 saturated heterocycles. The van der Waals surface area contributed by atoms with E-state index in [1.165, 1.54) is 11.8 Å². The molecule has 2 aromatic carbocycles. The number of unbranched alkanes of at least 4 members (excludes halogenated alkanes) is 1. The number of aliphatic hydroxyl groups excluding tert-OH is 1. The van der Waals surface area contributed by atoms with Crippen molar-refractivity contribution >= 4 is 23.5 Å². The van der Waals surface area contributed by atoms with Crippen molar-refractivity contribution in [2.75, 3.05) is 24.6 Å². The fourth-order valence-corrected chi connectivity index (χ4v) is 5.64. The lowest BCUT2D eigenvalue weighted by Crippen LogP contribution is -2.38. The van der Waals surface area contributed by atoms with Crippen LogP contribution < -0.4 is 4.90 Å². The predicted octanol–water partition coefficient (Wildman–Crippen LogP) is 8.05. The highest BCUT2D eigenvalue weighted by Crippen LogP contribution is 2.42. The van der Waals surface area contributed by atoms with Gasteiger partial charge in [-0.25, -0.2) is 9.78 Å². The van der Waals surface area contributed by atoms with Crippen molar-refractivity contribution in [1.82, 2.24) is 9.88 Å². The average molecular weight is 642 g/mol. The minimum Gasteiger partial charge on any atom is -0.439 e. The minimum atomic E-state index is -5.04. The maximum atomic E-state index is 13.5. The number of aromatic nitrogens is 1. The van der Waals surface area contributed by atoms with Gasteiger partial charge in [-0.15, -0.1) is 0 Å². The van der Waals surface area contributed by atoms with Crippen molar-refractivity contribution in [3.8, 4) is 11.1 Å². The number of cyclic esters (lactones) is 1. The van der Waals surface area contributed by atoms with E-state index in [-0.39, 0.29) is 19.2 Å². The zero-order valence-electron chi connectivity index (χ0n) is 23.7. The number of carbonyl (C=O) groups is 1. The number of halogens is 7. The number of carbonyl (C=O) groups excluding carboxylic acids is 1. The van der Waals surface area contributed by atoms with E-state index in [1.54, 1.807) is 6.07 Å². The minimum absolute atomic E-state index is 0.0435. The van der Waals surface area contributed by atoms with Crippen molar-refractivity contribution in [3.05, 3.63) is 81.5 Å². The molecule has 1 unspecified atom stereocenters. The van der Waals surface area contributed by atoms with Crippen LogP contribution >= 0.6 is 11.6 Å². The van der Waals surface area contributed by atoms with Gasteiger partial charge in [-0.2, -0.15) is 26.3 Å². The van der Waals surface area contributed by atoms with Crippen LogP contribution in [0.2, 0.25) is 5.02 Å². The molecule has 1 amide bonds. The standard InChI is InChI=1S/C31H30ClF6N3O3/c1-18-28(20-14-21(30(33,34)35)16-22(15-20)31(36,37)38)44-29(43)41(18)17-26-23(7-9-27(39-26)40-10-4-11-40)24-13-19(5-2-3-12-42)6-8-25(24)32/h6-9,13-16,18,28,42H,2-5,10-12,17H2,1H3/t18?,28-/m0/s1. The summed E-state index contributed by atoms with van der Waals surface area (Å²) in [6.45, 7) is 3.07. The van der Waals surface area contributed by atoms with Crippen molar-refractivity contribution in [2.24, 2.45) is 0 Å². The third-order valence-corrected chi connectivity index (χ3v) is 8.31. The molecule has 3 heterocycles. The number of amides is 1. The van der Waals surface area contributed by atoms with Crippen LogP contribution in [-0.4, -0.2) is 46.8 Å². The number of rotatable bonds is 9. The third kappa shape index (κ3) is 6.76. The molecule has 0 spiro atoms. The number of hydrogen-bond acceptors (Lipinski definition) is 5. The molecule has 2 atom stereocenters. The summed E-state index contributed by atoms with van der Waals surface area (Å²) >= 11 is 6.62. The lowest BCUT2D eigenvalue weighted by Gasteiger charge is -2.33. The highest BCUT2D eigenvalue weighted by atomic mass is 35.5. The summed E-state index contributed by atoms with van der Waals surface area (Å²) in [7, 11) is 0. The molecule has 2 aliphatic heterocycles. The van der Waals surface area contributed by atoms with Gasteiger partial charge in [-0.05, 0) is 86.2 Å². The van der Waals surface area contributed by atoms with Crippen LogP contribution in [0.5, 0.6) is 0 Å². The molecule has 6 nitrogen and oxygen atoms in total. The number of alkyl halides is 6. The van der Waals surface area contributed by atoms with Gasteiger partial charge in [0.15, 0.2) is 0 Å². The van der Waals surface area contributed by atoms with E-state index in [9.17, 15) is 31.1 Å². The number of hydrogen-bond donors (Lipinski definition) is 1. The molecule has 0 bridgehead atoms. The summed E-state index contributed by atoms with van der Waals surface area (Å²) in [5.74, 6) is 0.676. The van der Waals surface area contributed by atoms with Crippen LogP contribution in [0.3, 0.4) is 0 Å².